The molecule has 7 heteroatoms. The maximum atomic E-state index is 13.3. The van der Waals surface area contributed by atoms with Crippen LogP contribution in [0.15, 0.2) is 48.9 Å². The van der Waals surface area contributed by atoms with Crippen LogP contribution in [0, 0.1) is 5.41 Å². The molecule has 1 aromatic carbocycles. The van der Waals surface area contributed by atoms with Crippen LogP contribution in [0.1, 0.15) is 23.3 Å². The van der Waals surface area contributed by atoms with Crippen molar-refractivity contribution in [2.75, 3.05) is 31.1 Å². The van der Waals surface area contributed by atoms with Gasteiger partial charge in [-0.25, -0.2) is 9.97 Å². The van der Waals surface area contributed by atoms with Gasteiger partial charge in [-0.3, -0.25) is 4.79 Å². The number of hydrogen-bond acceptors (Lipinski definition) is 4. The number of hydrogen-bond donors (Lipinski definition) is 2. The van der Waals surface area contributed by atoms with E-state index in [-0.39, 0.29) is 11.3 Å². The van der Waals surface area contributed by atoms with Gasteiger partial charge >= 0.3 is 0 Å². The fraction of sp³-hybridized carbons (Fsp3) is 0.318. The lowest BCUT2D eigenvalue weighted by molar-refractivity contribution is 0.0736. The van der Waals surface area contributed by atoms with Gasteiger partial charge in [-0.05, 0) is 31.0 Å². The van der Waals surface area contributed by atoms with Crippen molar-refractivity contribution in [2.45, 2.75) is 12.8 Å². The third-order valence-corrected chi connectivity index (χ3v) is 6.33. The van der Waals surface area contributed by atoms with Crippen molar-refractivity contribution in [3.8, 4) is 0 Å². The Morgan fingerprint density at radius 1 is 1.07 bits per heavy atom. The van der Waals surface area contributed by atoms with Crippen molar-refractivity contribution >= 4 is 33.7 Å². The molecule has 1 aliphatic carbocycles. The first kappa shape index (κ1) is 16.6. The molecule has 0 unspecified atom stereocenters. The smallest absolute Gasteiger partial charge is 0.270 e. The Morgan fingerprint density at radius 3 is 2.83 bits per heavy atom. The first-order valence-corrected chi connectivity index (χ1v) is 10.1. The van der Waals surface area contributed by atoms with Gasteiger partial charge < -0.3 is 19.8 Å². The van der Waals surface area contributed by atoms with Gasteiger partial charge in [0, 0.05) is 48.7 Å². The van der Waals surface area contributed by atoms with Crippen LogP contribution in [-0.2, 0) is 0 Å². The predicted molar refractivity (Wildman–Crippen MR) is 112 cm³/mol. The fourth-order valence-corrected chi connectivity index (χ4v) is 4.58. The first-order chi connectivity index (χ1) is 14.2. The van der Waals surface area contributed by atoms with Crippen molar-refractivity contribution in [3.63, 3.8) is 0 Å². The number of fused-ring (bicyclic) bond motifs is 2. The van der Waals surface area contributed by atoms with Gasteiger partial charge in [0.25, 0.3) is 5.91 Å². The molecule has 4 aromatic rings. The molecule has 2 N–H and O–H groups in total. The highest BCUT2D eigenvalue weighted by Crippen LogP contribution is 2.48. The highest BCUT2D eigenvalue weighted by atomic mass is 16.2. The van der Waals surface area contributed by atoms with Crippen LogP contribution in [-0.4, -0.2) is 56.9 Å². The molecule has 3 aromatic heterocycles. The maximum absolute atomic E-state index is 13.3. The number of para-hydroxylation sites is 1. The second kappa shape index (κ2) is 6.07. The minimum atomic E-state index is 0.0869. The van der Waals surface area contributed by atoms with Crippen molar-refractivity contribution in [3.05, 3.63) is 54.6 Å². The van der Waals surface area contributed by atoms with E-state index in [4.69, 9.17) is 0 Å². The second-order valence-corrected chi connectivity index (χ2v) is 8.36. The Hall–Kier alpha value is -3.35. The molecule has 1 aliphatic heterocycles. The normalized spacial score (nSPS) is 18.5. The Kier molecular flexibility index (Phi) is 3.47. The molecule has 2 fully saturated rings. The van der Waals surface area contributed by atoms with E-state index in [1.54, 1.807) is 6.33 Å². The van der Waals surface area contributed by atoms with Crippen LogP contribution in [0.4, 0.5) is 5.82 Å². The summed E-state index contributed by atoms with van der Waals surface area (Å²) in [6.45, 7) is 3.19. The van der Waals surface area contributed by atoms with Gasteiger partial charge in [0.15, 0.2) is 0 Å². The van der Waals surface area contributed by atoms with Gasteiger partial charge in [-0.1, -0.05) is 18.2 Å². The highest BCUT2D eigenvalue weighted by Gasteiger charge is 2.48. The average molecular weight is 386 g/mol. The number of nitrogens with zero attached hydrogens (tertiary/aromatic N) is 4. The van der Waals surface area contributed by atoms with E-state index in [9.17, 15) is 4.79 Å². The van der Waals surface area contributed by atoms with Gasteiger partial charge in [0.2, 0.25) is 0 Å². The number of nitrogens with one attached hydrogen (secondary N) is 2. The van der Waals surface area contributed by atoms with Crippen molar-refractivity contribution in [1.82, 2.24) is 24.8 Å². The quantitative estimate of drug-likeness (QED) is 0.554. The number of aromatic nitrogens is 4. The third kappa shape index (κ3) is 2.76. The van der Waals surface area contributed by atoms with Crippen molar-refractivity contribution in [2.24, 2.45) is 5.41 Å². The van der Waals surface area contributed by atoms with E-state index in [1.807, 2.05) is 47.5 Å². The predicted octanol–water partition coefficient (Wildman–Crippen LogP) is 3.18. The maximum Gasteiger partial charge on any atom is 0.270 e. The molecule has 1 saturated heterocycles. The molecule has 29 heavy (non-hydrogen) atoms. The van der Waals surface area contributed by atoms with Crippen LogP contribution in [0.5, 0.6) is 0 Å². The van der Waals surface area contributed by atoms with Gasteiger partial charge in [-0.2, -0.15) is 0 Å². The average Bonchev–Trinajstić information content (AvgIpc) is 3.17. The van der Waals surface area contributed by atoms with E-state index in [2.05, 4.69) is 24.8 Å². The van der Waals surface area contributed by atoms with Crippen LogP contribution in [0.2, 0.25) is 0 Å². The summed E-state index contributed by atoms with van der Waals surface area (Å²) in [5.41, 5.74) is 2.70. The molecule has 1 spiro atoms. The summed E-state index contributed by atoms with van der Waals surface area (Å²) in [5.74, 6) is 1.05. The highest BCUT2D eigenvalue weighted by molar-refractivity contribution is 5.98. The molecule has 1 amide bonds. The molecule has 7 nitrogen and oxygen atoms in total. The van der Waals surface area contributed by atoms with Gasteiger partial charge in [-0.15, -0.1) is 0 Å². The molecule has 4 heterocycles. The summed E-state index contributed by atoms with van der Waals surface area (Å²) in [6, 6.07) is 12.0. The fourth-order valence-electron chi connectivity index (χ4n) is 4.58. The summed E-state index contributed by atoms with van der Waals surface area (Å²) >= 11 is 0. The topological polar surface area (TPSA) is 80.9 Å². The second-order valence-electron chi connectivity index (χ2n) is 8.36. The number of carbonyl (C=O) groups is 1. The SMILES string of the molecule is O=C(c1cc2ccccc2[nH]1)N1CCN(c2ncnc3[nH]ccc23)CC2(CC2)C1. The van der Waals surface area contributed by atoms with Gasteiger partial charge in [0.05, 0.1) is 5.39 Å². The number of amides is 1. The molecule has 0 atom stereocenters. The first-order valence-electron chi connectivity index (χ1n) is 10.1. The standard InChI is InChI=1S/C22H22N6O/c29-21(18-11-15-3-1-2-4-17(15)26-18)28-10-9-27(12-22(13-28)6-7-22)20-16-5-8-23-19(16)24-14-25-20/h1-5,8,11,14,26H,6-7,9-10,12-13H2,(H,23,24,25). The van der Waals surface area contributed by atoms with Crippen LogP contribution < -0.4 is 4.90 Å². The summed E-state index contributed by atoms with van der Waals surface area (Å²) in [6.07, 6.45) is 5.83. The molecule has 0 bridgehead atoms. The number of carbonyl (C=O) groups excluding carboxylic acids is 1. The molecule has 0 radical (unpaired) electrons. The third-order valence-electron chi connectivity index (χ3n) is 6.33. The van der Waals surface area contributed by atoms with E-state index < -0.39 is 0 Å². The van der Waals surface area contributed by atoms with E-state index >= 15 is 0 Å². The minimum Gasteiger partial charge on any atom is -0.354 e. The summed E-state index contributed by atoms with van der Waals surface area (Å²) in [7, 11) is 0. The lowest BCUT2D eigenvalue weighted by atomic mass is 10.1. The molecular weight excluding hydrogens is 364 g/mol. The monoisotopic (exact) mass is 386 g/mol. The minimum absolute atomic E-state index is 0.0869. The zero-order valence-corrected chi connectivity index (χ0v) is 16.1. The Morgan fingerprint density at radius 2 is 1.97 bits per heavy atom. The van der Waals surface area contributed by atoms with E-state index in [0.717, 1.165) is 60.2 Å². The Balaban J connectivity index is 1.30. The van der Waals surface area contributed by atoms with Crippen LogP contribution in [0.3, 0.4) is 0 Å². The number of rotatable bonds is 2. The summed E-state index contributed by atoms with van der Waals surface area (Å²) in [5, 5.41) is 2.11. The number of H-pyrrole nitrogens is 2. The molecular formula is C22H22N6O. The van der Waals surface area contributed by atoms with E-state index in [1.165, 1.54) is 0 Å². The van der Waals surface area contributed by atoms with Crippen LogP contribution in [0.25, 0.3) is 21.9 Å². The largest absolute Gasteiger partial charge is 0.354 e. The van der Waals surface area contributed by atoms with Gasteiger partial charge in [0.1, 0.15) is 23.5 Å². The summed E-state index contributed by atoms with van der Waals surface area (Å²) in [4.78, 5) is 33.0. The van der Waals surface area contributed by atoms with Crippen molar-refractivity contribution in [1.29, 1.82) is 0 Å². The lowest BCUT2D eigenvalue weighted by Gasteiger charge is -2.25. The molecule has 146 valence electrons. The zero-order chi connectivity index (χ0) is 19.4. The lowest BCUT2D eigenvalue weighted by Crippen LogP contribution is -2.36. The summed E-state index contributed by atoms with van der Waals surface area (Å²) < 4.78 is 0. The van der Waals surface area contributed by atoms with E-state index in [0.29, 0.717) is 12.2 Å². The molecule has 1 saturated carbocycles. The van der Waals surface area contributed by atoms with Crippen LogP contribution >= 0.6 is 0 Å². The number of anilines is 1. The molecule has 2 aliphatic rings. The van der Waals surface area contributed by atoms with Crippen molar-refractivity contribution < 1.29 is 4.79 Å². The zero-order valence-electron chi connectivity index (χ0n) is 16.1. The molecule has 6 rings (SSSR count). The number of aromatic amines is 2. The number of benzene rings is 1. The Labute approximate surface area is 167 Å². The Bertz CT molecular complexity index is 1190.